The molecule has 1 aliphatic rings. The number of thiophene rings is 1. The third-order valence-electron chi connectivity index (χ3n) is 7.00. The number of hydrogen-bond acceptors (Lipinski definition) is 5. The highest BCUT2D eigenvalue weighted by Gasteiger charge is 2.38. The molecule has 5 heteroatoms. The van der Waals surface area contributed by atoms with Gasteiger partial charge in [-0.15, -0.1) is 11.3 Å². The Hall–Kier alpha value is -2.18. The molecule has 1 aromatic heterocycles. The van der Waals surface area contributed by atoms with E-state index in [1.165, 1.54) is 16.0 Å². The first-order valence-corrected chi connectivity index (χ1v) is 12.9. The minimum atomic E-state index is 0.0828. The topological polar surface area (TPSA) is 27.7 Å². The van der Waals surface area contributed by atoms with Crippen LogP contribution in [-0.4, -0.2) is 50.6 Å². The normalized spacial score (nSPS) is 17.2. The Morgan fingerprint density at radius 3 is 2.39 bits per heavy atom. The molecule has 176 valence electrons. The Labute approximate surface area is 203 Å². The first kappa shape index (κ1) is 24.0. The predicted molar refractivity (Wildman–Crippen MR) is 139 cm³/mol. The molecule has 2 heterocycles. The van der Waals surface area contributed by atoms with E-state index < -0.39 is 0 Å². The predicted octanol–water partition coefficient (Wildman–Crippen LogP) is 5.53. The zero-order valence-corrected chi connectivity index (χ0v) is 21.0. The van der Waals surface area contributed by atoms with Gasteiger partial charge in [-0.25, -0.2) is 0 Å². The Balaban J connectivity index is 1.45. The molecule has 1 fully saturated rings. The van der Waals surface area contributed by atoms with Gasteiger partial charge < -0.3 is 10.1 Å². The summed E-state index contributed by atoms with van der Waals surface area (Å²) in [4.78, 5) is 6.29. The van der Waals surface area contributed by atoms with E-state index in [4.69, 9.17) is 4.74 Å². The number of nitrogens with zero attached hydrogens (tertiary/aromatic N) is 2. The highest BCUT2D eigenvalue weighted by Crippen LogP contribution is 2.38. The Morgan fingerprint density at radius 1 is 1.00 bits per heavy atom. The van der Waals surface area contributed by atoms with Gasteiger partial charge in [-0.3, -0.25) is 9.80 Å². The molecule has 2 aromatic carbocycles. The number of hydrogen-bond donors (Lipinski definition) is 1. The quantitative estimate of drug-likeness (QED) is 0.428. The molecule has 1 unspecified atom stereocenters. The van der Waals surface area contributed by atoms with Gasteiger partial charge in [0, 0.05) is 42.0 Å². The van der Waals surface area contributed by atoms with E-state index in [9.17, 15) is 0 Å². The first-order chi connectivity index (χ1) is 16.1. The van der Waals surface area contributed by atoms with E-state index in [0.717, 1.165) is 51.2 Å². The Bertz CT molecular complexity index is 966. The maximum absolute atomic E-state index is 6.62. The molecule has 0 bridgehead atoms. The zero-order valence-electron chi connectivity index (χ0n) is 20.2. The maximum Gasteiger partial charge on any atom is 0.134 e. The fourth-order valence-electron chi connectivity index (χ4n) is 4.98. The van der Waals surface area contributed by atoms with Crippen molar-refractivity contribution in [2.24, 2.45) is 0 Å². The lowest BCUT2D eigenvalue weighted by Gasteiger charge is -2.46. The summed E-state index contributed by atoms with van der Waals surface area (Å²) < 4.78 is 6.62. The minimum absolute atomic E-state index is 0.0828. The summed E-state index contributed by atoms with van der Waals surface area (Å²) in [6.45, 7) is 4.02. The lowest BCUT2D eigenvalue weighted by Crippen LogP contribution is -2.50. The number of piperidine rings is 1. The largest absolute Gasteiger partial charge is 0.485 e. The van der Waals surface area contributed by atoms with Crippen LogP contribution in [0, 0.1) is 0 Å². The molecule has 1 atom stereocenters. The fourth-order valence-corrected chi connectivity index (χ4v) is 5.77. The van der Waals surface area contributed by atoms with Crippen LogP contribution in [0.25, 0.3) is 0 Å². The van der Waals surface area contributed by atoms with Gasteiger partial charge in [-0.1, -0.05) is 54.6 Å². The van der Waals surface area contributed by atoms with Crippen LogP contribution in [0.3, 0.4) is 0 Å². The summed E-state index contributed by atoms with van der Waals surface area (Å²) in [6, 6.07) is 23.9. The zero-order chi connectivity index (χ0) is 23.1. The van der Waals surface area contributed by atoms with Crippen molar-refractivity contribution < 1.29 is 4.74 Å². The summed E-state index contributed by atoms with van der Waals surface area (Å²) in [5.74, 6) is 1.01. The van der Waals surface area contributed by atoms with E-state index in [1.54, 1.807) is 11.3 Å². The SMILES string of the molecule is CNCCC(Oc1ccccc1CN1CCC(c2ccccc2)(N(C)C)CC1)c1cccs1. The van der Waals surface area contributed by atoms with E-state index >= 15 is 0 Å². The van der Waals surface area contributed by atoms with Crippen molar-refractivity contribution in [1.82, 2.24) is 15.1 Å². The van der Waals surface area contributed by atoms with Crippen molar-refractivity contribution in [3.05, 3.63) is 88.1 Å². The molecule has 33 heavy (non-hydrogen) atoms. The van der Waals surface area contributed by atoms with Gasteiger partial charge in [0.15, 0.2) is 0 Å². The molecule has 0 aliphatic carbocycles. The van der Waals surface area contributed by atoms with E-state index in [2.05, 4.69) is 101 Å². The van der Waals surface area contributed by atoms with Crippen LogP contribution in [0.1, 0.15) is 41.4 Å². The van der Waals surface area contributed by atoms with Crippen molar-refractivity contribution in [3.8, 4) is 5.75 Å². The van der Waals surface area contributed by atoms with E-state index in [1.807, 2.05) is 7.05 Å². The number of ether oxygens (including phenoxy) is 1. The first-order valence-electron chi connectivity index (χ1n) is 12.0. The number of para-hydroxylation sites is 1. The summed E-state index contributed by atoms with van der Waals surface area (Å²) in [5.41, 5.74) is 2.83. The molecular formula is C28H37N3OS. The lowest BCUT2D eigenvalue weighted by molar-refractivity contribution is 0.0501. The molecule has 0 amide bonds. The second-order valence-corrected chi connectivity index (χ2v) is 10.2. The monoisotopic (exact) mass is 463 g/mol. The van der Waals surface area contributed by atoms with Gasteiger partial charge in [0.25, 0.3) is 0 Å². The van der Waals surface area contributed by atoms with Gasteiger partial charge in [0.1, 0.15) is 11.9 Å². The number of nitrogens with one attached hydrogen (secondary N) is 1. The van der Waals surface area contributed by atoms with Crippen LogP contribution < -0.4 is 10.1 Å². The molecule has 4 nitrogen and oxygen atoms in total. The molecule has 0 saturated carbocycles. The van der Waals surface area contributed by atoms with Gasteiger partial charge in [-0.05, 0) is 63.6 Å². The van der Waals surface area contributed by atoms with E-state index in [0.29, 0.717) is 0 Å². The highest BCUT2D eigenvalue weighted by atomic mass is 32.1. The fraction of sp³-hybridized carbons (Fsp3) is 0.429. The van der Waals surface area contributed by atoms with Crippen molar-refractivity contribution in [2.45, 2.75) is 37.5 Å². The third-order valence-corrected chi connectivity index (χ3v) is 7.97. The number of likely N-dealkylation sites (tertiary alicyclic amines) is 1. The molecule has 0 radical (unpaired) electrons. The molecular weight excluding hydrogens is 426 g/mol. The van der Waals surface area contributed by atoms with Crippen molar-refractivity contribution >= 4 is 11.3 Å². The highest BCUT2D eigenvalue weighted by molar-refractivity contribution is 7.10. The molecule has 0 spiro atoms. The van der Waals surface area contributed by atoms with E-state index in [-0.39, 0.29) is 11.6 Å². The molecule has 1 saturated heterocycles. The van der Waals surface area contributed by atoms with Crippen LogP contribution in [0.15, 0.2) is 72.1 Å². The smallest absolute Gasteiger partial charge is 0.134 e. The average molecular weight is 464 g/mol. The lowest BCUT2D eigenvalue weighted by atomic mass is 9.79. The molecule has 3 aromatic rings. The van der Waals surface area contributed by atoms with Gasteiger partial charge >= 0.3 is 0 Å². The van der Waals surface area contributed by atoms with Crippen molar-refractivity contribution in [2.75, 3.05) is 40.8 Å². The molecule has 4 rings (SSSR count). The second kappa shape index (κ2) is 11.3. The standard InChI is InChI=1S/C28H37N3OS/c1-29-18-15-26(27-14-9-21-33-27)32-25-13-8-7-10-23(25)22-31-19-16-28(17-20-31,30(2)3)24-11-5-4-6-12-24/h4-14,21,26,29H,15-20,22H2,1-3H3. The summed E-state index contributed by atoms with van der Waals surface area (Å²) in [7, 11) is 6.45. The number of benzene rings is 2. The Morgan fingerprint density at radius 2 is 1.73 bits per heavy atom. The van der Waals surface area contributed by atoms with Crippen LogP contribution in [0.5, 0.6) is 5.75 Å². The van der Waals surface area contributed by atoms with Crippen molar-refractivity contribution in [1.29, 1.82) is 0 Å². The van der Waals surface area contributed by atoms with Crippen LogP contribution >= 0.6 is 11.3 Å². The summed E-state index contributed by atoms with van der Waals surface area (Å²) in [6.07, 6.45) is 3.30. The minimum Gasteiger partial charge on any atom is -0.485 e. The average Bonchev–Trinajstić information content (AvgIpc) is 3.39. The van der Waals surface area contributed by atoms with Crippen LogP contribution in [0.4, 0.5) is 0 Å². The van der Waals surface area contributed by atoms with Gasteiger partial charge in [0.2, 0.25) is 0 Å². The molecule has 1 aliphatic heterocycles. The molecule has 1 N–H and O–H groups in total. The maximum atomic E-state index is 6.62. The third kappa shape index (κ3) is 5.67. The van der Waals surface area contributed by atoms with Crippen LogP contribution in [0.2, 0.25) is 0 Å². The van der Waals surface area contributed by atoms with Gasteiger partial charge in [0.05, 0.1) is 0 Å². The summed E-state index contributed by atoms with van der Waals surface area (Å²) in [5, 5.41) is 5.40. The van der Waals surface area contributed by atoms with Crippen molar-refractivity contribution in [3.63, 3.8) is 0 Å². The number of rotatable bonds is 10. The van der Waals surface area contributed by atoms with Gasteiger partial charge in [-0.2, -0.15) is 0 Å². The van der Waals surface area contributed by atoms with Crippen LogP contribution in [-0.2, 0) is 12.1 Å². The second-order valence-electron chi connectivity index (χ2n) is 9.19. The summed E-state index contributed by atoms with van der Waals surface area (Å²) >= 11 is 1.77. The Kier molecular flexibility index (Phi) is 8.20.